The number of imide groups is 1. The molecule has 1 N–H and O–H groups in total. The van der Waals surface area contributed by atoms with Crippen LogP contribution >= 0.6 is 11.3 Å². The molecule has 2 aliphatic carbocycles. The molecule has 0 aromatic carbocycles. The Hall–Kier alpha value is -1.73. The summed E-state index contributed by atoms with van der Waals surface area (Å²) in [5.74, 6) is -0.568. The van der Waals surface area contributed by atoms with E-state index < -0.39 is 0 Å². The van der Waals surface area contributed by atoms with Crippen LogP contribution in [0.3, 0.4) is 0 Å². The van der Waals surface area contributed by atoms with Crippen molar-refractivity contribution in [3.8, 4) is 0 Å². The van der Waals surface area contributed by atoms with Gasteiger partial charge >= 0.3 is 0 Å². The average Bonchev–Trinajstić information content (AvgIpc) is 3.51. The van der Waals surface area contributed by atoms with Gasteiger partial charge in [0.15, 0.2) is 0 Å². The van der Waals surface area contributed by atoms with Gasteiger partial charge in [0.25, 0.3) is 5.91 Å². The van der Waals surface area contributed by atoms with E-state index in [0.29, 0.717) is 16.5 Å². The van der Waals surface area contributed by atoms with E-state index in [2.05, 4.69) is 12.2 Å². The Morgan fingerprint density at radius 3 is 2.37 bits per heavy atom. The number of ether oxygens (including phenoxy) is 1. The molecule has 2 bridgehead atoms. The fraction of sp³-hybridized carbons (Fsp3) is 0.696. The van der Waals surface area contributed by atoms with Gasteiger partial charge in [-0.05, 0) is 56.4 Å². The van der Waals surface area contributed by atoms with Crippen molar-refractivity contribution in [2.24, 2.45) is 17.8 Å². The van der Waals surface area contributed by atoms with Crippen molar-refractivity contribution in [1.82, 2.24) is 5.32 Å². The fourth-order valence-electron chi connectivity index (χ4n) is 6.37. The van der Waals surface area contributed by atoms with Gasteiger partial charge < -0.3 is 10.1 Å². The normalized spacial score (nSPS) is 35.2. The summed E-state index contributed by atoms with van der Waals surface area (Å²) in [4.78, 5) is 42.7. The fourth-order valence-corrected chi connectivity index (χ4v) is 7.89. The number of anilines is 1. The molecule has 160 valence electrons. The van der Waals surface area contributed by atoms with Crippen molar-refractivity contribution in [2.45, 2.75) is 83.0 Å². The lowest BCUT2D eigenvalue weighted by molar-refractivity contribution is -0.124. The quantitative estimate of drug-likeness (QED) is 0.750. The van der Waals surface area contributed by atoms with E-state index in [4.69, 9.17) is 4.74 Å². The molecule has 3 aliphatic heterocycles. The molecule has 30 heavy (non-hydrogen) atoms. The Kier molecular flexibility index (Phi) is 4.36. The van der Waals surface area contributed by atoms with Crippen molar-refractivity contribution in [1.29, 1.82) is 0 Å². The van der Waals surface area contributed by atoms with Gasteiger partial charge in [-0.3, -0.25) is 14.4 Å². The van der Waals surface area contributed by atoms with Crippen LogP contribution in [0.5, 0.6) is 0 Å². The van der Waals surface area contributed by atoms with Gasteiger partial charge in [-0.1, -0.05) is 19.8 Å². The topological polar surface area (TPSA) is 75.7 Å². The Bertz CT molecular complexity index is 906. The minimum atomic E-state index is -0.361. The maximum absolute atomic E-state index is 13.4. The lowest BCUT2D eigenvalue weighted by Crippen LogP contribution is -2.37. The third-order valence-electron chi connectivity index (χ3n) is 7.90. The third-order valence-corrected chi connectivity index (χ3v) is 9.14. The van der Waals surface area contributed by atoms with E-state index in [1.54, 1.807) is 0 Å². The lowest BCUT2D eigenvalue weighted by Gasteiger charge is -2.21. The maximum Gasteiger partial charge on any atom is 0.254 e. The zero-order valence-electron chi connectivity index (χ0n) is 17.3. The first-order valence-electron chi connectivity index (χ1n) is 11.5. The molecule has 7 heteroatoms. The van der Waals surface area contributed by atoms with E-state index in [0.717, 1.165) is 63.4 Å². The van der Waals surface area contributed by atoms with Crippen LogP contribution in [0.15, 0.2) is 0 Å². The van der Waals surface area contributed by atoms with Gasteiger partial charge in [0.1, 0.15) is 5.00 Å². The third kappa shape index (κ3) is 2.67. The summed E-state index contributed by atoms with van der Waals surface area (Å²) >= 11 is 1.50. The van der Waals surface area contributed by atoms with Crippen molar-refractivity contribution in [3.63, 3.8) is 0 Å². The second-order valence-electron chi connectivity index (χ2n) is 9.84. The van der Waals surface area contributed by atoms with E-state index in [9.17, 15) is 14.4 Å². The van der Waals surface area contributed by atoms with Gasteiger partial charge in [-0.25, -0.2) is 4.90 Å². The number of rotatable bonds is 3. The minimum absolute atomic E-state index is 0.0964. The van der Waals surface area contributed by atoms with E-state index in [1.807, 2.05) is 0 Å². The number of nitrogens with one attached hydrogen (secondary N) is 1. The average molecular weight is 429 g/mol. The van der Waals surface area contributed by atoms with Crippen LogP contribution in [0.1, 0.15) is 72.7 Å². The first-order chi connectivity index (χ1) is 14.5. The van der Waals surface area contributed by atoms with Crippen LogP contribution in [0.2, 0.25) is 0 Å². The number of carbonyl (C=O) groups excluding carboxylic acids is 3. The van der Waals surface area contributed by atoms with Gasteiger partial charge in [0, 0.05) is 10.9 Å². The summed E-state index contributed by atoms with van der Waals surface area (Å²) in [5.41, 5.74) is 1.67. The first kappa shape index (κ1) is 19.0. The van der Waals surface area contributed by atoms with Crippen molar-refractivity contribution >= 4 is 34.1 Å². The zero-order valence-corrected chi connectivity index (χ0v) is 18.1. The van der Waals surface area contributed by atoms with Gasteiger partial charge in [-0.15, -0.1) is 11.3 Å². The molecule has 4 heterocycles. The molecule has 4 fully saturated rings. The molecule has 5 atom stereocenters. The van der Waals surface area contributed by atoms with Crippen molar-refractivity contribution in [3.05, 3.63) is 16.0 Å². The van der Waals surface area contributed by atoms with E-state index in [-0.39, 0.29) is 47.8 Å². The number of nitrogens with zero attached hydrogens (tertiary/aromatic N) is 1. The highest BCUT2D eigenvalue weighted by Gasteiger charge is 2.63. The summed E-state index contributed by atoms with van der Waals surface area (Å²) in [6.45, 7) is 2.23. The Labute approximate surface area is 180 Å². The molecular formula is C23H28N2O4S. The van der Waals surface area contributed by atoms with Crippen LogP contribution < -0.4 is 10.2 Å². The zero-order chi connectivity index (χ0) is 20.6. The molecule has 3 saturated heterocycles. The van der Waals surface area contributed by atoms with Crippen molar-refractivity contribution in [2.75, 3.05) is 4.90 Å². The number of thiophene rings is 1. The molecule has 0 radical (unpaired) electrons. The first-order valence-corrected chi connectivity index (χ1v) is 12.3. The van der Waals surface area contributed by atoms with Crippen molar-refractivity contribution < 1.29 is 19.1 Å². The van der Waals surface area contributed by atoms with E-state index in [1.165, 1.54) is 21.1 Å². The van der Waals surface area contributed by atoms with Crippen LogP contribution in [0, 0.1) is 17.8 Å². The molecular weight excluding hydrogens is 400 g/mol. The lowest BCUT2D eigenvalue weighted by atomic mass is 9.81. The summed E-state index contributed by atoms with van der Waals surface area (Å²) < 4.78 is 5.88. The molecule has 0 unspecified atom stereocenters. The molecule has 5 aliphatic rings. The standard InChI is InChI=1S/C23H28N2O4S/c1-11-6-7-13-16(10-11)30-23(17(13)20(26)24-12-4-2-3-5-12)25-21(27)18-14-8-9-15(29-14)19(18)22(25)28/h11-12,14-15,18-19H,2-10H2,1H3,(H,24,26)/t11-,14-,15+,18+,19-/m1/s1. The molecule has 1 saturated carbocycles. The maximum atomic E-state index is 13.4. The van der Waals surface area contributed by atoms with E-state index >= 15 is 0 Å². The number of hydrogen-bond acceptors (Lipinski definition) is 5. The number of amides is 3. The summed E-state index contributed by atoms with van der Waals surface area (Å²) in [6, 6.07) is 0.206. The molecule has 6 rings (SSSR count). The van der Waals surface area contributed by atoms with Crippen LogP contribution in [-0.2, 0) is 27.2 Å². The highest BCUT2D eigenvalue weighted by Crippen LogP contribution is 2.52. The Morgan fingerprint density at radius 1 is 1.03 bits per heavy atom. The van der Waals surface area contributed by atoms with Gasteiger partial charge in [0.2, 0.25) is 11.8 Å². The highest BCUT2D eigenvalue weighted by molar-refractivity contribution is 7.17. The summed E-state index contributed by atoms with van der Waals surface area (Å²) in [7, 11) is 0. The van der Waals surface area contributed by atoms with Gasteiger partial charge in [-0.2, -0.15) is 0 Å². The Morgan fingerprint density at radius 2 is 1.70 bits per heavy atom. The Balaban J connectivity index is 1.40. The molecule has 1 aromatic rings. The summed E-state index contributed by atoms with van der Waals surface area (Å²) in [5, 5.41) is 3.79. The predicted octanol–water partition coefficient (Wildman–Crippen LogP) is 3.21. The van der Waals surface area contributed by atoms with Crippen LogP contribution in [0.4, 0.5) is 5.00 Å². The second kappa shape index (κ2) is 6.89. The summed E-state index contributed by atoms with van der Waals surface area (Å²) in [6.07, 6.45) is 8.56. The van der Waals surface area contributed by atoms with Crippen LogP contribution in [0.25, 0.3) is 0 Å². The molecule has 1 aromatic heterocycles. The predicted molar refractivity (Wildman–Crippen MR) is 113 cm³/mol. The molecule has 3 amide bonds. The SMILES string of the molecule is C[C@@H]1CCc2c(sc(N3C(=O)[C@@H]4[C@H](C3=O)[C@@H]3CC[C@H]4O3)c2C(=O)NC2CCCC2)C1. The second-order valence-corrected chi connectivity index (χ2v) is 10.9. The minimum Gasteiger partial charge on any atom is -0.373 e. The smallest absolute Gasteiger partial charge is 0.254 e. The van der Waals surface area contributed by atoms with Crippen LogP contribution in [-0.4, -0.2) is 36.0 Å². The molecule has 0 spiro atoms. The molecule has 6 nitrogen and oxygen atoms in total. The number of fused-ring (bicyclic) bond motifs is 6. The monoisotopic (exact) mass is 428 g/mol. The number of hydrogen-bond donors (Lipinski definition) is 1. The van der Waals surface area contributed by atoms with Gasteiger partial charge in [0.05, 0.1) is 29.6 Å². The number of carbonyl (C=O) groups is 3. The highest BCUT2D eigenvalue weighted by atomic mass is 32.1. The largest absolute Gasteiger partial charge is 0.373 e.